The van der Waals surface area contributed by atoms with Gasteiger partial charge in [-0.3, -0.25) is 0 Å². The molecule has 3 N–H and O–H groups in total. The molecule has 3 aromatic rings. The Hall–Kier alpha value is -2.11. The lowest BCUT2D eigenvalue weighted by Gasteiger charge is -2.16. The van der Waals surface area contributed by atoms with Crippen LogP contribution in [-0.2, 0) is 0 Å². The molecule has 1 atom stereocenters. The van der Waals surface area contributed by atoms with Crippen molar-refractivity contribution in [2.75, 3.05) is 11.1 Å². The number of halogens is 2. The molecule has 0 amide bonds. The van der Waals surface area contributed by atoms with Gasteiger partial charge in [0, 0.05) is 0 Å². The third-order valence-corrected chi connectivity index (χ3v) is 4.05. The van der Waals surface area contributed by atoms with Crippen LogP contribution in [0.3, 0.4) is 0 Å². The molecule has 0 saturated carbocycles. The van der Waals surface area contributed by atoms with E-state index < -0.39 is 0 Å². The van der Waals surface area contributed by atoms with Crippen LogP contribution in [0.15, 0.2) is 36.7 Å². The lowest BCUT2D eigenvalue weighted by Crippen LogP contribution is -2.09. The average Bonchev–Trinajstić information content (AvgIpc) is 2.50. The van der Waals surface area contributed by atoms with Gasteiger partial charge in [0.2, 0.25) is 0 Å². The Morgan fingerprint density at radius 2 is 1.91 bits per heavy atom. The average molecular weight is 334 g/mol. The van der Waals surface area contributed by atoms with E-state index in [9.17, 15) is 0 Å². The van der Waals surface area contributed by atoms with Gasteiger partial charge in [0.15, 0.2) is 5.65 Å². The fourth-order valence-corrected chi connectivity index (χ4v) is 2.45. The highest BCUT2D eigenvalue weighted by Crippen LogP contribution is 2.28. The molecular weight excluding hydrogens is 321 g/mol. The van der Waals surface area contributed by atoms with Crippen molar-refractivity contribution in [2.45, 2.75) is 13.0 Å². The number of pyridine rings is 1. The topological polar surface area (TPSA) is 76.7 Å². The van der Waals surface area contributed by atoms with E-state index >= 15 is 0 Å². The molecule has 7 heteroatoms. The summed E-state index contributed by atoms with van der Waals surface area (Å²) in [6.07, 6.45) is 1.46. The highest BCUT2D eigenvalue weighted by Gasteiger charge is 2.11. The molecule has 0 aliphatic rings. The molecule has 22 heavy (non-hydrogen) atoms. The van der Waals surface area contributed by atoms with Gasteiger partial charge < -0.3 is 11.1 Å². The van der Waals surface area contributed by atoms with Gasteiger partial charge in [-0.2, -0.15) is 0 Å². The Labute approximate surface area is 137 Å². The minimum atomic E-state index is -0.00887. The van der Waals surface area contributed by atoms with Gasteiger partial charge in [-0.1, -0.05) is 29.3 Å². The number of nitrogen functional groups attached to an aromatic ring is 1. The number of rotatable bonds is 3. The number of aromatic nitrogens is 3. The second kappa shape index (κ2) is 5.94. The zero-order chi connectivity index (χ0) is 15.7. The molecule has 3 rings (SSSR count). The van der Waals surface area contributed by atoms with Crippen LogP contribution in [-0.4, -0.2) is 15.0 Å². The van der Waals surface area contributed by atoms with E-state index in [0.29, 0.717) is 27.3 Å². The van der Waals surface area contributed by atoms with E-state index in [1.807, 2.05) is 25.1 Å². The normalized spacial score (nSPS) is 12.3. The van der Waals surface area contributed by atoms with Crippen molar-refractivity contribution in [2.24, 2.45) is 0 Å². The molecule has 0 saturated heterocycles. The van der Waals surface area contributed by atoms with Crippen LogP contribution in [0, 0.1) is 0 Å². The van der Waals surface area contributed by atoms with Crippen molar-refractivity contribution in [3.8, 4) is 0 Å². The van der Waals surface area contributed by atoms with Gasteiger partial charge >= 0.3 is 0 Å². The summed E-state index contributed by atoms with van der Waals surface area (Å²) in [6.45, 7) is 2.01. The van der Waals surface area contributed by atoms with E-state index in [1.54, 1.807) is 12.1 Å². The van der Waals surface area contributed by atoms with E-state index in [2.05, 4.69) is 20.3 Å². The number of nitrogens with one attached hydrogen (secondary N) is 1. The Morgan fingerprint density at radius 3 is 2.68 bits per heavy atom. The van der Waals surface area contributed by atoms with E-state index in [4.69, 9.17) is 28.9 Å². The van der Waals surface area contributed by atoms with Gasteiger partial charge in [0.25, 0.3) is 0 Å². The maximum absolute atomic E-state index is 6.06. The largest absolute Gasteiger partial charge is 0.384 e. The van der Waals surface area contributed by atoms with Crippen molar-refractivity contribution in [1.82, 2.24) is 15.0 Å². The van der Waals surface area contributed by atoms with Crippen LogP contribution in [0.4, 0.5) is 11.6 Å². The third-order valence-electron chi connectivity index (χ3n) is 3.32. The minimum Gasteiger partial charge on any atom is -0.384 e. The number of anilines is 2. The predicted octanol–water partition coefficient (Wildman–Crippen LogP) is 4.09. The van der Waals surface area contributed by atoms with Crippen molar-refractivity contribution in [3.05, 3.63) is 52.3 Å². The Balaban J connectivity index is 1.93. The Kier molecular flexibility index (Phi) is 4.00. The quantitative estimate of drug-likeness (QED) is 0.754. The first-order chi connectivity index (χ1) is 10.5. The van der Waals surface area contributed by atoms with Crippen LogP contribution >= 0.6 is 23.2 Å². The highest BCUT2D eigenvalue weighted by molar-refractivity contribution is 6.42. The molecule has 2 heterocycles. The highest BCUT2D eigenvalue weighted by atomic mass is 35.5. The van der Waals surface area contributed by atoms with Gasteiger partial charge in [-0.25, -0.2) is 15.0 Å². The number of hydrogen-bond acceptors (Lipinski definition) is 5. The van der Waals surface area contributed by atoms with E-state index in [1.165, 1.54) is 6.33 Å². The predicted molar refractivity (Wildman–Crippen MR) is 90.2 cm³/mol. The SMILES string of the molecule is CC(Nc1ncnc2nc(N)ccc12)c1ccc(Cl)c(Cl)c1. The first-order valence-electron chi connectivity index (χ1n) is 6.63. The Bertz CT molecular complexity index is 837. The second-order valence-corrected chi connectivity index (χ2v) is 5.68. The molecule has 0 spiro atoms. The molecule has 5 nitrogen and oxygen atoms in total. The molecule has 0 radical (unpaired) electrons. The summed E-state index contributed by atoms with van der Waals surface area (Å²) >= 11 is 12.0. The number of nitrogens with zero attached hydrogens (tertiary/aromatic N) is 3. The van der Waals surface area contributed by atoms with Crippen LogP contribution in [0.2, 0.25) is 10.0 Å². The summed E-state index contributed by atoms with van der Waals surface area (Å²) in [5.74, 6) is 1.12. The fraction of sp³-hybridized carbons (Fsp3) is 0.133. The van der Waals surface area contributed by atoms with Crippen LogP contribution in [0.1, 0.15) is 18.5 Å². The summed E-state index contributed by atoms with van der Waals surface area (Å²) in [5.41, 5.74) is 7.24. The molecule has 1 unspecified atom stereocenters. The number of nitrogens with two attached hydrogens (primary N) is 1. The maximum atomic E-state index is 6.06. The van der Waals surface area contributed by atoms with Crippen molar-refractivity contribution in [1.29, 1.82) is 0 Å². The number of benzene rings is 1. The maximum Gasteiger partial charge on any atom is 0.166 e. The van der Waals surface area contributed by atoms with E-state index in [-0.39, 0.29) is 6.04 Å². The van der Waals surface area contributed by atoms with E-state index in [0.717, 1.165) is 10.9 Å². The van der Waals surface area contributed by atoms with Crippen molar-refractivity contribution < 1.29 is 0 Å². The first-order valence-corrected chi connectivity index (χ1v) is 7.39. The number of hydrogen-bond donors (Lipinski definition) is 2. The zero-order valence-corrected chi connectivity index (χ0v) is 13.2. The second-order valence-electron chi connectivity index (χ2n) is 4.87. The molecule has 0 aliphatic carbocycles. The Morgan fingerprint density at radius 1 is 1.09 bits per heavy atom. The minimum absolute atomic E-state index is 0.00887. The first kappa shape index (κ1) is 14.8. The van der Waals surface area contributed by atoms with Crippen molar-refractivity contribution >= 4 is 45.9 Å². The van der Waals surface area contributed by atoms with Gasteiger partial charge in [-0.05, 0) is 36.8 Å². The van der Waals surface area contributed by atoms with Crippen LogP contribution < -0.4 is 11.1 Å². The summed E-state index contributed by atoms with van der Waals surface area (Å²) in [6, 6.07) is 9.09. The zero-order valence-electron chi connectivity index (χ0n) is 11.7. The standard InChI is InChI=1S/C15H13Cl2N5/c1-8(9-2-4-11(16)12(17)6-9)21-14-10-3-5-13(18)22-15(10)20-7-19-14/h2-8H,1H3,(H3,18,19,20,21,22). The van der Waals surface area contributed by atoms with Gasteiger partial charge in [-0.15, -0.1) is 0 Å². The molecule has 1 aromatic carbocycles. The number of fused-ring (bicyclic) bond motifs is 1. The van der Waals surface area contributed by atoms with Gasteiger partial charge in [0.05, 0.1) is 21.5 Å². The third kappa shape index (κ3) is 2.91. The summed E-state index contributed by atoms with van der Waals surface area (Å²) < 4.78 is 0. The molecule has 112 valence electrons. The smallest absolute Gasteiger partial charge is 0.166 e. The monoisotopic (exact) mass is 333 g/mol. The molecule has 2 aromatic heterocycles. The summed E-state index contributed by atoms with van der Waals surface area (Å²) in [5, 5.41) is 5.20. The summed E-state index contributed by atoms with van der Waals surface area (Å²) in [7, 11) is 0. The molecule has 0 fully saturated rings. The molecule has 0 bridgehead atoms. The van der Waals surface area contributed by atoms with Crippen LogP contribution in [0.25, 0.3) is 11.0 Å². The fourth-order valence-electron chi connectivity index (χ4n) is 2.14. The lowest BCUT2D eigenvalue weighted by molar-refractivity contribution is 0.875. The summed E-state index contributed by atoms with van der Waals surface area (Å²) in [4.78, 5) is 12.6. The van der Waals surface area contributed by atoms with Crippen molar-refractivity contribution in [3.63, 3.8) is 0 Å². The lowest BCUT2D eigenvalue weighted by atomic mass is 10.1. The van der Waals surface area contributed by atoms with Crippen LogP contribution in [0.5, 0.6) is 0 Å². The van der Waals surface area contributed by atoms with Gasteiger partial charge in [0.1, 0.15) is 18.0 Å². The molecular formula is C15H13Cl2N5. The molecule has 0 aliphatic heterocycles.